The van der Waals surface area contributed by atoms with Crippen molar-refractivity contribution in [1.82, 2.24) is 0 Å². The molecule has 0 aromatic carbocycles. The van der Waals surface area contributed by atoms with E-state index in [1.54, 1.807) is 26.5 Å². The molecule has 0 N–H and O–H groups in total. The second-order valence-corrected chi connectivity index (χ2v) is 21.6. The van der Waals surface area contributed by atoms with E-state index in [-0.39, 0.29) is 0 Å². The van der Waals surface area contributed by atoms with Crippen molar-refractivity contribution in [3.05, 3.63) is 22.8 Å². The predicted octanol–water partition coefficient (Wildman–Crippen LogP) is 2.67. The van der Waals surface area contributed by atoms with Crippen molar-refractivity contribution in [2.45, 2.75) is 39.3 Å². The Morgan fingerprint density at radius 2 is 1.04 bits per heavy atom. The first-order valence-corrected chi connectivity index (χ1v) is 18.6. The van der Waals surface area contributed by atoms with Crippen LogP contribution >= 0.6 is 0 Å². The zero-order valence-corrected chi connectivity index (χ0v) is 19.5. The van der Waals surface area contributed by atoms with E-state index in [2.05, 4.69) is 31.9 Å². The lowest BCUT2D eigenvalue weighted by Gasteiger charge is -2.31. The van der Waals surface area contributed by atoms with Crippen LogP contribution in [0.2, 0.25) is 39.3 Å². The van der Waals surface area contributed by atoms with Crippen LogP contribution in [-0.2, 0) is 22.6 Å². The van der Waals surface area contributed by atoms with E-state index in [1.165, 1.54) is 0 Å². The summed E-state index contributed by atoms with van der Waals surface area (Å²) in [4.78, 5) is 22.1. The van der Waals surface area contributed by atoms with Crippen molar-refractivity contribution in [3.8, 4) is 0 Å². The van der Waals surface area contributed by atoms with Crippen LogP contribution in [0, 0.1) is 0 Å². The minimum atomic E-state index is -2.57. The van der Waals surface area contributed by atoms with Gasteiger partial charge in [0.25, 0.3) is 0 Å². The van der Waals surface area contributed by atoms with Crippen LogP contribution in [-0.4, -0.2) is 59.3 Å². The molecule has 0 unspecified atom stereocenters. The molecule has 0 aromatic heterocycles. The smallest absolute Gasteiger partial charge is 0.360 e. The maximum absolute atomic E-state index is 11.1. The second-order valence-electron chi connectivity index (χ2n) is 7.00. The fraction of sp³-hybridized carbons (Fsp3) is 0.571. The molecular weight excluding hydrogens is 360 g/mol. The van der Waals surface area contributed by atoms with Crippen LogP contribution in [0.25, 0.3) is 0 Å². The van der Waals surface area contributed by atoms with Crippen molar-refractivity contribution in [3.63, 3.8) is 0 Å². The van der Waals surface area contributed by atoms with E-state index < -0.39 is 33.3 Å². The van der Waals surface area contributed by atoms with Gasteiger partial charge in [-0.3, -0.25) is 0 Å². The highest BCUT2D eigenvalue weighted by atomic mass is 28.4. The Hall–Kier alpha value is -0.432. The van der Waals surface area contributed by atoms with E-state index in [0.717, 1.165) is 11.8 Å². The van der Waals surface area contributed by atoms with Gasteiger partial charge in [-0.05, 0) is 38.4 Å². The lowest BCUT2D eigenvalue weighted by atomic mass is 11.2. The monoisotopic (exact) mass is 390 g/mol. The standard InChI is InChI=1S/C14H30O5Si4/c1-17-23(8,18-2)12-10-21(5,6)19-20(3,4)9-11-22(7,13-15)14-16/h9-14H,1-8H3/b11-9+,12-10+. The lowest BCUT2D eigenvalue weighted by Crippen LogP contribution is -2.44. The van der Waals surface area contributed by atoms with Gasteiger partial charge < -0.3 is 22.6 Å². The summed E-state index contributed by atoms with van der Waals surface area (Å²) >= 11 is 0. The molecule has 0 saturated heterocycles. The third-order valence-corrected chi connectivity index (χ3v) is 14.6. The second kappa shape index (κ2) is 8.60. The molecule has 0 atom stereocenters. The summed E-state index contributed by atoms with van der Waals surface area (Å²) in [7, 11) is -5.69. The highest BCUT2D eigenvalue weighted by molar-refractivity contribution is 7.21. The Morgan fingerprint density at radius 1 is 0.652 bits per heavy atom. The van der Waals surface area contributed by atoms with Crippen LogP contribution in [0.15, 0.2) is 22.8 Å². The van der Waals surface area contributed by atoms with Gasteiger partial charge in [-0.2, -0.15) is 0 Å². The average Bonchev–Trinajstić information content (AvgIpc) is 2.49. The summed E-state index contributed by atoms with van der Waals surface area (Å²) in [5.74, 6) is 1.58. The van der Waals surface area contributed by atoms with Gasteiger partial charge in [0.15, 0.2) is 16.6 Å². The Bertz CT molecular complexity index is 462. The fourth-order valence-corrected chi connectivity index (χ4v) is 14.3. The van der Waals surface area contributed by atoms with Crippen molar-refractivity contribution in [2.75, 3.05) is 14.2 Å². The highest BCUT2D eigenvalue weighted by Crippen LogP contribution is 2.19. The third-order valence-electron chi connectivity index (χ3n) is 3.48. The maximum atomic E-state index is 11.1. The fourth-order valence-electron chi connectivity index (χ4n) is 1.80. The summed E-state index contributed by atoms with van der Waals surface area (Å²) in [5.41, 5.74) is 7.87. The largest absolute Gasteiger partial charge is 0.449 e. The number of hydrogen-bond acceptors (Lipinski definition) is 5. The summed E-state index contributed by atoms with van der Waals surface area (Å²) in [6.45, 7) is 12.1. The van der Waals surface area contributed by atoms with Crippen molar-refractivity contribution < 1.29 is 22.6 Å². The summed E-state index contributed by atoms with van der Waals surface area (Å²) in [5, 5.41) is 0. The van der Waals surface area contributed by atoms with Gasteiger partial charge in [0.1, 0.15) is 11.8 Å². The predicted molar refractivity (Wildman–Crippen MR) is 105 cm³/mol. The molecule has 0 bridgehead atoms. The van der Waals surface area contributed by atoms with E-state index >= 15 is 0 Å². The van der Waals surface area contributed by atoms with Crippen molar-refractivity contribution in [1.29, 1.82) is 0 Å². The van der Waals surface area contributed by atoms with Gasteiger partial charge in [-0.25, -0.2) is 0 Å². The molecule has 0 heterocycles. The molecule has 0 fully saturated rings. The van der Waals surface area contributed by atoms with Crippen LogP contribution in [0.5, 0.6) is 0 Å². The zero-order valence-electron chi connectivity index (χ0n) is 15.5. The molecule has 0 aliphatic rings. The normalized spacial score (nSPS) is 14.6. The van der Waals surface area contributed by atoms with Gasteiger partial charge in [0.05, 0.1) is 0 Å². The molecule has 0 aliphatic carbocycles. The highest BCUT2D eigenvalue weighted by Gasteiger charge is 2.33. The molecule has 0 amide bonds. The number of carbonyl (C=O) groups is 2. The van der Waals surface area contributed by atoms with E-state index in [1.807, 2.05) is 17.9 Å². The van der Waals surface area contributed by atoms with E-state index in [9.17, 15) is 9.59 Å². The summed E-state index contributed by atoms with van der Waals surface area (Å²) < 4.78 is 17.3. The Labute approximate surface area is 144 Å². The molecule has 0 aliphatic heterocycles. The summed E-state index contributed by atoms with van der Waals surface area (Å²) in [6.07, 6.45) is 0. The third kappa shape index (κ3) is 8.29. The SMILES string of the molecule is CO[Si](C)(/C=C/[Si](C)(C)O[Si](C)(C)/C=C/[Si](C)(C=O)C=O)OC. The zero-order chi connectivity index (χ0) is 18.4. The van der Waals surface area contributed by atoms with Gasteiger partial charge in [-0.15, -0.1) is 0 Å². The number of rotatable bonds is 10. The molecule has 0 aromatic rings. The first-order chi connectivity index (χ1) is 10.4. The molecule has 23 heavy (non-hydrogen) atoms. The molecule has 0 radical (unpaired) electrons. The van der Waals surface area contributed by atoms with Gasteiger partial charge in [0.2, 0.25) is 8.07 Å². The molecule has 0 saturated carbocycles. The van der Waals surface area contributed by atoms with Crippen LogP contribution < -0.4 is 0 Å². The molecule has 0 rings (SSSR count). The van der Waals surface area contributed by atoms with E-state index in [0.29, 0.717) is 0 Å². The molecule has 9 heteroatoms. The van der Waals surface area contributed by atoms with Crippen LogP contribution in [0.3, 0.4) is 0 Å². The van der Waals surface area contributed by atoms with Crippen molar-refractivity contribution in [2.24, 2.45) is 0 Å². The average molecular weight is 391 g/mol. The number of hydrogen-bond donors (Lipinski definition) is 0. The minimum absolute atomic E-state index is 0.789. The Balaban J connectivity index is 5.13. The summed E-state index contributed by atoms with van der Waals surface area (Å²) in [6, 6.07) is 0. The first kappa shape index (κ1) is 22.6. The van der Waals surface area contributed by atoms with Gasteiger partial charge >= 0.3 is 8.56 Å². The Kier molecular flexibility index (Phi) is 8.44. The molecular formula is C14H30O5Si4. The van der Waals surface area contributed by atoms with Crippen LogP contribution in [0.1, 0.15) is 0 Å². The maximum Gasteiger partial charge on any atom is 0.360 e. The first-order valence-electron chi connectivity index (χ1n) is 7.50. The van der Waals surface area contributed by atoms with Gasteiger partial charge in [0, 0.05) is 14.2 Å². The van der Waals surface area contributed by atoms with Crippen molar-refractivity contribution >= 4 is 45.1 Å². The molecule has 0 spiro atoms. The van der Waals surface area contributed by atoms with Crippen LogP contribution in [0.4, 0.5) is 0 Å². The number of carbonyl (C=O) groups excluding carboxylic acids is 2. The molecule has 132 valence electrons. The topological polar surface area (TPSA) is 61.8 Å². The Morgan fingerprint density at radius 3 is 1.39 bits per heavy atom. The van der Waals surface area contributed by atoms with Gasteiger partial charge in [-0.1, -0.05) is 23.6 Å². The minimum Gasteiger partial charge on any atom is -0.449 e. The van der Waals surface area contributed by atoms with E-state index in [4.69, 9.17) is 13.0 Å². The quantitative estimate of drug-likeness (QED) is 0.424. The lowest BCUT2D eigenvalue weighted by molar-refractivity contribution is 0.264. The molecule has 5 nitrogen and oxygen atoms in total.